The van der Waals surface area contributed by atoms with Crippen molar-refractivity contribution in [2.75, 3.05) is 32.5 Å². The molecule has 1 saturated heterocycles. The molecule has 0 spiro atoms. The number of anilines is 1. The number of nitrogens with zero attached hydrogens (tertiary/aromatic N) is 3. The maximum absolute atomic E-state index is 6.25. The fraction of sp³-hybridized carbons (Fsp3) is 0.750. The van der Waals surface area contributed by atoms with Gasteiger partial charge < -0.3 is 15.4 Å². The normalized spacial score (nSPS) is 22.6. The van der Waals surface area contributed by atoms with Crippen LogP contribution in [0.15, 0.2) is 0 Å². The topological polar surface area (TPSA) is 56.3 Å². The van der Waals surface area contributed by atoms with Crippen molar-refractivity contribution < 1.29 is 4.74 Å². The molecule has 0 amide bonds. The Morgan fingerprint density at radius 1 is 1.35 bits per heavy atom. The number of aromatic nitrogens is 2. The summed E-state index contributed by atoms with van der Waals surface area (Å²) in [5, 5.41) is 4.72. The summed E-state index contributed by atoms with van der Waals surface area (Å²) in [4.78, 5) is 2.30. The maximum Gasteiger partial charge on any atom is 0.126 e. The molecule has 1 aromatic rings. The molecule has 1 fully saturated rings. The van der Waals surface area contributed by atoms with Crippen LogP contribution in [0.3, 0.4) is 0 Å². The second-order valence-electron chi connectivity index (χ2n) is 5.09. The minimum absolute atomic E-state index is 0.430. The van der Waals surface area contributed by atoms with E-state index in [1.807, 2.05) is 4.68 Å². The van der Waals surface area contributed by atoms with Gasteiger partial charge in [0.15, 0.2) is 0 Å². The monoisotopic (exact) mass is 236 g/mol. The zero-order chi connectivity index (χ0) is 11.8. The quantitative estimate of drug-likeness (QED) is 0.784. The summed E-state index contributed by atoms with van der Waals surface area (Å²) >= 11 is 0. The molecule has 5 heteroatoms. The molecule has 3 heterocycles. The molecule has 2 aliphatic rings. The third kappa shape index (κ3) is 1.93. The molecule has 0 aliphatic carbocycles. The molecule has 2 aliphatic heterocycles. The van der Waals surface area contributed by atoms with Crippen molar-refractivity contribution in [3.63, 3.8) is 0 Å². The van der Waals surface area contributed by atoms with Crippen LogP contribution in [0.5, 0.6) is 0 Å². The van der Waals surface area contributed by atoms with Crippen LogP contribution in [0.4, 0.5) is 5.82 Å². The molecule has 94 valence electrons. The molecule has 0 aromatic carbocycles. The first-order valence-corrected chi connectivity index (χ1v) is 6.37. The van der Waals surface area contributed by atoms with Gasteiger partial charge in [0.25, 0.3) is 0 Å². The largest absolute Gasteiger partial charge is 0.384 e. The molecular formula is C12H20N4O. The van der Waals surface area contributed by atoms with Crippen molar-refractivity contribution >= 4 is 5.82 Å². The van der Waals surface area contributed by atoms with Crippen molar-refractivity contribution in [3.05, 3.63) is 11.3 Å². The van der Waals surface area contributed by atoms with Crippen LogP contribution in [0, 0.1) is 0 Å². The van der Waals surface area contributed by atoms with E-state index in [9.17, 15) is 0 Å². The highest BCUT2D eigenvalue weighted by Crippen LogP contribution is 2.29. The van der Waals surface area contributed by atoms with E-state index in [1.165, 1.54) is 11.3 Å². The van der Waals surface area contributed by atoms with Gasteiger partial charge in [-0.25, -0.2) is 4.68 Å². The summed E-state index contributed by atoms with van der Waals surface area (Å²) < 4.78 is 7.44. The number of ether oxygens (including phenoxy) is 1. The first kappa shape index (κ1) is 11.0. The number of nitrogen functional groups attached to an aromatic ring is 1. The van der Waals surface area contributed by atoms with Gasteiger partial charge >= 0.3 is 0 Å². The van der Waals surface area contributed by atoms with Gasteiger partial charge in [-0.1, -0.05) is 0 Å². The highest BCUT2D eigenvalue weighted by Gasteiger charge is 2.25. The summed E-state index contributed by atoms with van der Waals surface area (Å²) in [7, 11) is 2.13. The Hall–Kier alpha value is -1.07. The summed E-state index contributed by atoms with van der Waals surface area (Å²) in [6.07, 6.45) is 3.08. The molecule has 2 N–H and O–H groups in total. The SMILES string of the molecule is CN1CCc2nn(C3CCOCC3)c(N)c2C1. The second kappa shape index (κ2) is 4.31. The van der Waals surface area contributed by atoms with Crippen LogP contribution in [0.1, 0.15) is 30.1 Å². The summed E-state index contributed by atoms with van der Waals surface area (Å²) in [6, 6.07) is 0.430. The Kier molecular flexibility index (Phi) is 2.80. The Morgan fingerprint density at radius 3 is 2.88 bits per heavy atom. The van der Waals surface area contributed by atoms with E-state index in [1.54, 1.807) is 0 Å². The van der Waals surface area contributed by atoms with E-state index in [4.69, 9.17) is 15.6 Å². The van der Waals surface area contributed by atoms with E-state index in [-0.39, 0.29) is 0 Å². The van der Waals surface area contributed by atoms with Gasteiger partial charge in [-0.2, -0.15) is 5.10 Å². The van der Waals surface area contributed by atoms with Crippen LogP contribution in [0.2, 0.25) is 0 Å². The van der Waals surface area contributed by atoms with Gasteiger partial charge in [0.1, 0.15) is 5.82 Å². The lowest BCUT2D eigenvalue weighted by Gasteiger charge is -2.23. The average molecular weight is 236 g/mol. The number of nitrogens with two attached hydrogens (primary N) is 1. The predicted molar refractivity (Wildman–Crippen MR) is 65.8 cm³/mol. The van der Waals surface area contributed by atoms with Crippen molar-refractivity contribution in [1.82, 2.24) is 14.7 Å². The van der Waals surface area contributed by atoms with Gasteiger partial charge in [0.2, 0.25) is 0 Å². The fourth-order valence-electron chi connectivity index (χ4n) is 2.76. The standard InChI is InChI=1S/C12H20N4O/c1-15-5-2-11-10(8-15)12(13)16(14-11)9-3-6-17-7-4-9/h9H,2-8,13H2,1H3. The van der Waals surface area contributed by atoms with Crippen molar-refractivity contribution in [1.29, 1.82) is 0 Å². The highest BCUT2D eigenvalue weighted by atomic mass is 16.5. The molecule has 5 nitrogen and oxygen atoms in total. The van der Waals surface area contributed by atoms with Crippen molar-refractivity contribution in [3.8, 4) is 0 Å². The average Bonchev–Trinajstić information content (AvgIpc) is 2.68. The molecule has 0 saturated carbocycles. The highest BCUT2D eigenvalue weighted by molar-refractivity contribution is 5.45. The lowest BCUT2D eigenvalue weighted by Crippen LogP contribution is -2.26. The third-order valence-electron chi connectivity index (χ3n) is 3.83. The lowest BCUT2D eigenvalue weighted by atomic mass is 10.1. The lowest BCUT2D eigenvalue weighted by molar-refractivity contribution is 0.0668. The molecule has 0 unspecified atom stereocenters. The van der Waals surface area contributed by atoms with Crippen molar-refractivity contribution in [2.45, 2.75) is 31.8 Å². The Labute approximate surface area is 102 Å². The number of hydrogen-bond acceptors (Lipinski definition) is 4. The van der Waals surface area contributed by atoms with Gasteiger partial charge in [-0.15, -0.1) is 0 Å². The third-order valence-corrected chi connectivity index (χ3v) is 3.83. The van der Waals surface area contributed by atoms with E-state index in [2.05, 4.69) is 11.9 Å². The minimum atomic E-state index is 0.430. The van der Waals surface area contributed by atoms with Crippen LogP contribution in [-0.2, 0) is 17.7 Å². The van der Waals surface area contributed by atoms with Crippen molar-refractivity contribution in [2.24, 2.45) is 0 Å². The first-order chi connectivity index (χ1) is 8.25. The number of rotatable bonds is 1. The molecule has 0 bridgehead atoms. The molecule has 3 rings (SSSR count). The van der Waals surface area contributed by atoms with E-state index in [0.29, 0.717) is 6.04 Å². The van der Waals surface area contributed by atoms with E-state index in [0.717, 1.165) is 51.4 Å². The number of fused-ring (bicyclic) bond motifs is 1. The minimum Gasteiger partial charge on any atom is -0.384 e. The van der Waals surface area contributed by atoms with Crippen LogP contribution in [-0.4, -0.2) is 41.5 Å². The Bertz CT molecular complexity index is 409. The summed E-state index contributed by atoms with van der Waals surface area (Å²) in [5.74, 6) is 0.874. The number of hydrogen-bond donors (Lipinski definition) is 1. The maximum atomic E-state index is 6.25. The van der Waals surface area contributed by atoms with Crippen LogP contribution < -0.4 is 5.73 Å². The Balaban J connectivity index is 1.90. The smallest absolute Gasteiger partial charge is 0.126 e. The predicted octanol–water partition coefficient (Wildman–Crippen LogP) is 0.805. The van der Waals surface area contributed by atoms with Gasteiger partial charge in [-0.3, -0.25) is 0 Å². The van der Waals surface area contributed by atoms with Crippen LogP contribution >= 0.6 is 0 Å². The molecular weight excluding hydrogens is 216 g/mol. The van der Waals surface area contributed by atoms with E-state index < -0.39 is 0 Å². The van der Waals surface area contributed by atoms with Gasteiger partial charge in [0, 0.05) is 38.3 Å². The fourth-order valence-corrected chi connectivity index (χ4v) is 2.76. The zero-order valence-corrected chi connectivity index (χ0v) is 10.4. The van der Waals surface area contributed by atoms with E-state index >= 15 is 0 Å². The van der Waals surface area contributed by atoms with Gasteiger partial charge in [0.05, 0.1) is 11.7 Å². The zero-order valence-electron chi connectivity index (χ0n) is 10.4. The molecule has 17 heavy (non-hydrogen) atoms. The molecule has 0 atom stereocenters. The van der Waals surface area contributed by atoms with Crippen LogP contribution in [0.25, 0.3) is 0 Å². The summed E-state index contributed by atoms with van der Waals surface area (Å²) in [5.41, 5.74) is 8.69. The second-order valence-corrected chi connectivity index (χ2v) is 5.09. The molecule has 0 radical (unpaired) electrons. The number of likely N-dealkylation sites (N-methyl/N-ethyl adjacent to an activating group) is 1. The Morgan fingerprint density at radius 2 is 2.12 bits per heavy atom. The first-order valence-electron chi connectivity index (χ1n) is 6.37. The summed E-state index contributed by atoms with van der Waals surface area (Å²) in [6.45, 7) is 3.67. The van der Waals surface area contributed by atoms with Gasteiger partial charge in [-0.05, 0) is 19.9 Å². The molecule has 1 aromatic heterocycles.